The standard InChI is InChI=1S/C22H17BrN2O3/c23-19-12-10-16(11-13-19)20(22(27)24-14-25-28)15-6-8-18(9-7-15)21(26)17-4-2-1-3-5-17/h1-14,20,28H,(H,24,25,27). The van der Waals surface area contributed by atoms with Crippen molar-refractivity contribution in [2.75, 3.05) is 0 Å². The molecule has 5 nitrogen and oxygen atoms in total. The van der Waals surface area contributed by atoms with Crippen molar-refractivity contribution in [3.8, 4) is 0 Å². The van der Waals surface area contributed by atoms with Gasteiger partial charge in [-0.3, -0.25) is 9.59 Å². The van der Waals surface area contributed by atoms with E-state index >= 15 is 0 Å². The second kappa shape index (κ2) is 9.10. The molecule has 140 valence electrons. The van der Waals surface area contributed by atoms with Crippen molar-refractivity contribution in [3.63, 3.8) is 0 Å². The summed E-state index contributed by atoms with van der Waals surface area (Å²) in [5.41, 5.74) is 2.64. The third-order valence-corrected chi connectivity index (χ3v) is 4.80. The lowest BCUT2D eigenvalue weighted by atomic mass is 9.89. The van der Waals surface area contributed by atoms with E-state index in [4.69, 9.17) is 5.21 Å². The van der Waals surface area contributed by atoms with Crippen LogP contribution in [0, 0.1) is 0 Å². The predicted molar refractivity (Wildman–Crippen MR) is 111 cm³/mol. The molecular formula is C22H17BrN2O3. The molecule has 0 saturated carbocycles. The monoisotopic (exact) mass is 436 g/mol. The number of hydrogen-bond acceptors (Lipinski definition) is 4. The highest BCUT2D eigenvalue weighted by molar-refractivity contribution is 9.10. The zero-order valence-electron chi connectivity index (χ0n) is 14.7. The van der Waals surface area contributed by atoms with Crippen LogP contribution in [0.3, 0.4) is 0 Å². The maximum atomic E-state index is 12.6. The predicted octanol–water partition coefficient (Wildman–Crippen LogP) is 4.35. The molecule has 0 bridgehead atoms. The molecule has 1 atom stereocenters. The number of oxime groups is 1. The Bertz CT molecular complexity index is 985. The van der Waals surface area contributed by atoms with Gasteiger partial charge in [0, 0.05) is 15.6 Å². The number of carbonyl (C=O) groups excluding carboxylic acids is 2. The van der Waals surface area contributed by atoms with E-state index in [1.54, 1.807) is 36.4 Å². The van der Waals surface area contributed by atoms with Crippen LogP contribution in [-0.2, 0) is 4.79 Å². The molecule has 0 heterocycles. The first-order valence-electron chi connectivity index (χ1n) is 8.51. The van der Waals surface area contributed by atoms with Crippen LogP contribution in [0.5, 0.6) is 0 Å². The van der Waals surface area contributed by atoms with Crippen LogP contribution < -0.4 is 5.32 Å². The number of nitrogens with one attached hydrogen (secondary N) is 1. The third kappa shape index (κ3) is 4.53. The maximum Gasteiger partial charge on any atom is 0.237 e. The number of rotatable bonds is 6. The average molecular weight is 437 g/mol. The lowest BCUT2D eigenvalue weighted by Crippen LogP contribution is -2.29. The van der Waals surface area contributed by atoms with Gasteiger partial charge in [0.2, 0.25) is 5.91 Å². The summed E-state index contributed by atoms with van der Waals surface area (Å²) in [5, 5.41) is 13.9. The SMILES string of the molecule is O=C(c1ccccc1)c1ccc(C(C(=O)N/C=N/O)c2ccc(Br)cc2)cc1. The van der Waals surface area contributed by atoms with Crippen LogP contribution in [0.1, 0.15) is 33.0 Å². The smallest absolute Gasteiger partial charge is 0.237 e. The summed E-state index contributed by atoms with van der Waals surface area (Å²) in [6.07, 6.45) is 0.932. The van der Waals surface area contributed by atoms with Crippen molar-refractivity contribution < 1.29 is 14.8 Å². The molecule has 0 aromatic heterocycles. The molecule has 6 heteroatoms. The van der Waals surface area contributed by atoms with Gasteiger partial charge in [0.25, 0.3) is 0 Å². The van der Waals surface area contributed by atoms with Crippen LogP contribution in [0.25, 0.3) is 0 Å². The molecule has 28 heavy (non-hydrogen) atoms. The maximum absolute atomic E-state index is 12.6. The molecule has 2 N–H and O–H groups in total. The second-order valence-electron chi connectivity index (χ2n) is 6.05. The molecule has 0 aliphatic heterocycles. The van der Waals surface area contributed by atoms with Gasteiger partial charge in [0.15, 0.2) is 5.78 Å². The number of carbonyl (C=O) groups is 2. The highest BCUT2D eigenvalue weighted by Gasteiger charge is 2.23. The van der Waals surface area contributed by atoms with E-state index in [2.05, 4.69) is 26.4 Å². The first kappa shape index (κ1) is 19.5. The zero-order chi connectivity index (χ0) is 19.9. The quantitative estimate of drug-likeness (QED) is 0.198. The summed E-state index contributed by atoms with van der Waals surface area (Å²) >= 11 is 3.39. The lowest BCUT2D eigenvalue weighted by Gasteiger charge is -2.17. The van der Waals surface area contributed by atoms with E-state index in [9.17, 15) is 9.59 Å². The van der Waals surface area contributed by atoms with Crippen molar-refractivity contribution >= 4 is 34.0 Å². The van der Waals surface area contributed by atoms with E-state index in [-0.39, 0.29) is 11.7 Å². The summed E-state index contributed by atoms with van der Waals surface area (Å²) < 4.78 is 0.899. The van der Waals surface area contributed by atoms with Crippen molar-refractivity contribution in [2.24, 2.45) is 5.16 Å². The van der Waals surface area contributed by atoms with Gasteiger partial charge < -0.3 is 10.5 Å². The molecule has 0 spiro atoms. The van der Waals surface area contributed by atoms with Crippen molar-refractivity contribution in [2.45, 2.75) is 5.92 Å². The second-order valence-corrected chi connectivity index (χ2v) is 6.97. The Morgan fingerprint density at radius 2 is 1.39 bits per heavy atom. The fourth-order valence-electron chi connectivity index (χ4n) is 2.91. The summed E-state index contributed by atoms with van der Waals surface area (Å²) in [7, 11) is 0. The molecule has 0 radical (unpaired) electrons. The summed E-state index contributed by atoms with van der Waals surface area (Å²) in [6.45, 7) is 0. The Labute approximate surface area is 170 Å². The van der Waals surface area contributed by atoms with Crippen LogP contribution in [-0.4, -0.2) is 23.2 Å². The fraction of sp³-hybridized carbons (Fsp3) is 0.0455. The van der Waals surface area contributed by atoms with Gasteiger partial charge in [-0.15, -0.1) is 0 Å². The molecule has 0 aliphatic carbocycles. The van der Waals surface area contributed by atoms with Gasteiger partial charge >= 0.3 is 0 Å². The van der Waals surface area contributed by atoms with Crippen LogP contribution in [0.2, 0.25) is 0 Å². The Morgan fingerprint density at radius 1 is 0.857 bits per heavy atom. The summed E-state index contributed by atoms with van der Waals surface area (Å²) in [6, 6.07) is 23.4. The van der Waals surface area contributed by atoms with Gasteiger partial charge in [-0.1, -0.05) is 87.8 Å². The van der Waals surface area contributed by atoms with Gasteiger partial charge in [0.1, 0.15) is 6.34 Å². The van der Waals surface area contributed by atoms with Crippen LogP contribution in [0.4, 0.5) is 0 Å². The molecular weight excluding hydrogens is 420 g/mol. The summed E-state index contributed by atoms with van der Waals surface area (Å²) in [5.74, 6) is -1.04. The lowest BCUT2D eigenvalue weighted by molar-refractivity contribution is -0.120. The molecule has 3 aromatic carbocycles. The fourth-order valence-corrected chi connectivity index (χ4v) is 3.17. The number of ketones is 1. The number of nitrogens with zero attached hydrogens (tertiary/aromatic N) is 1. The molecule has 0 fully saturated rings. The third-order valence-electron chi connectivity index (χ3n) is 4.27. The van der Waals surface area contributed by atoms with Gasteiger partial charge in [-0.05, 0) is 23.3 Å². The van der Waals surface area contributed by atoms with Gasteiger partial charge in [0.05, 0.1) is 5.92 Å². The molecule has 1 amide bonds. The number of hydrogen-bond donors (Lipinski definition) is 2. The molecule has 0 aliphatic rings. The van der Waals surface area contributed by atoms with E-state index in [1.807, 2.05) is 42.5 Å². The van der Waals surface area contributed by atoms with Crippen molar-refractivity contribution in [1.29, 1.82) is 0 Å². The Morgan fingerprint density at radius 3 is 1.96 bits per heavy atom. The molecule has 3 aromatic rings. The van der Waals surface area contributed by atoms with E-state index in [0.717, 1.165) is 21.9 Å². The number of benzene rings is 3. The minimum atomic E-state index is -0.619. The van der Waals surface area contributed by atoms with Gasteiger partial charge in [-0.25, -0.2) is 0 Å². The van der Waals surface area contributed by atoms with E-state index in [1.165, 1.54) is 0 Å². The minimum Gasteiger partial charge on any atom is -0.410 e. The largest absolute Gasteiger partial charge is 0.410 e. The first-order chi connectivity index (χ1) is 13.6. The first-order valence-corrected chi connectivity index (χ1v) is 9.31. The molecule has 3 rings (SSSR count). The van der Waals surface area contributed by atoms with Crippen LogP contribution in [0.15, 0.2) is 88.5 Å². The topological polar surface area (TPSA) is 78.8 Å². The van der Waals surface area contributed by atoms with Gasteiger partial charge in [-0.2, -0.15) is 0 Å². The average Bonchev–Trinajstić information content (AvgIpc) is 2.74. The Kier molecular flexibility index (Phi) is 6.34. The van der Waals surface area contributed by atoms with Crippen molar-refractivity contribution in [3.05, 3.63) is 106 Å². The normalized spacial score (nSPS) is 11.9. The van der Waals surface area contributed by atoms with Crippen LogP contribution >= 0.6 is 15.9 Å². The number of amides is 1. The highest BCUT2D eigenvalue weighted by atomic mass is 79.9. The minimum absolute atomic E-state index is 0.0794. The summed E-state index contributed by atoms with van der Waals surface area (Å²) in [4.78, 5) is 25.2. The Hall–Kier alpha value is -3.25. The molecule has 0 saturated heterocycles. The molecule has 1 unspecified atom stereocenters. The zero-order valence-corrected chi connectivity index (χ0v) is 16.3. The Balaban J connectivity index is 1.93. The van der Waals surface area contributed by atoms with Crippen molar-refractivity contribution in [1.82, 2.24) is 5.32 Å². The number of halogens is 1. The highest BCUT2D eigenvalue weighted by Crippen LogP contribution is 2.27. The van der Waals surface area contributed by atoms with E-state index < -0.39 is 5.92 Å². The van der Waals surface area contributed by atoms with E-state index in [0.29, 0.717) is 11.1 Å².